The fourth-order valence-electron chi connectivity index (χ4n) is 3.03. The number of nitrogens with zero attached hydrogens (tertiary/aromatic N) is 2. The van der Waals surface area contributed by atoms with Gasteiger partial charge < -0.3 is 0 Å². The highest BCUT2D eigenvalue weighted by atomic mass is 35.5. The number of hydrogen-bond donors (Lipinski definition) is 0. The summed E-state index contributed by atoms with van der Waals surface area (Å²) >= 11 is 7.88. The van der Waals surface area contributed by atoms with Gasteiger partial charge in [0.1, 0.15) is 4.88 Å². The summed E-state index contributed by atoms with van der Waals surface area (Å²) in [6.45, 7) is 6.14. The molecule has 0 aliphatic rings. The lowest BCUT2D eigenvalue weighted by Gasteiger charge is -2.03. The van der Waals surface area contributed by atoms with E-state index >= 15 is 0 Å². The molecule has 0 radical (unpaired) electrons. The number of rotatable bonds is 5. The van der Waals surface area contributed by atoms with E-state index in [0.29, 0.717) is 9.90 Å². The van der Waals surface area contributed by atoms with E-state index in [1.165, 1.54) is 34.4 Å². The summed E-state index contributed by atoms with van der Waals surface area (Å²) < 4.78 is 2.54. The van der Waals surface area contributed by atoms with Crippen molar-refractivity contribution in [3.8, 4) is 0 Å². The van der Waals surface area contributed by atoms with Gasteiger partial charge in [-0.1, -0.05) is 49.6 Å². The molecule has 126 valence electrons. The second kappa shape index (κ2) is 7.08. The third-order valence-electron chi connectivity index (χ3n) is 4.39. The van der Waals surface area contributed by atoms with E-state index < -0.39 is 0 Å². The molecule has 24 heavy (non-hydrogen) atoms. The molecule has 0 aliphatic heterocycles. The third-order valence-corrected chi connectivity index (χ3v) is 6.06. The SMILES string of the molecule is CCCCCc1c(C)nn(C(=O)c2sc3ccccc3c2Cl)c1C. The van der Waals surface area contributed by atoms with Gasteiger partial charge in [-0.25, -0.2) is 0 Å². The van der Waals surface area contributed by atoms with E-state index in [9.17, 15) is 4.79 Å². The van der Waals surface area contributed by atoms with E-state index in [4.69, 9.17) is 11.6 Å². The van der Waals surface area contributed by atoms with Crippen LogP contribution in [0.1, 0.15) is 52.8 Å². The van der Waals surface area contributed by atoms with Gasteiger partial charge in [0.2, 0.25) is 0 Å². The van der Waals surface area contributed by atoms with Gasteiger partial charge in [0, 0.05) is 15.8 Å². The average Bonchev–Trinajstić information content (AvgIpc) is 3.06. The van der Waals surface area contributed by atoms with Crippen LogP contribution in [-0.4, -0.2) is 15.7 Å². The summed E-state index contributed by atoms with van der Waals surface area (Å²) in [5, 5.41) is 5.95. The summed E-state index contributed by atoms with van der Waals surface area (Å²) in [7, 11) is 0. The summed E-state index contributed by atoms with van der Waals surface area (Å²) in [4.78, 5) is 13.5. The maximum absolute atomic E-state index is 13.0. The van der Waals surface area contributed by atoms with Crippen LogP contribution in [0.25, 0.3) is 10.1 Å². The first kappa shape index (κ1) is 17.2. The van der Waals surface area contributed by atoms with Gasteiger partial charge in [0.05, 0.1) is 10.7 Å². The number of benzene rings is 1. The molecule has 0 bridgehead atoms. The summed E-state index contributed by atoms with van der Waals surface area (Å²) in [5.74, 6) is -0.136. The van der Waals surface area contributed by atoms with E-state index in [0.717, 1.165) is 34.3 Å². The van der Waals surface area contributed by atoms with Crippen LogP contribution in [0.4, 0.5) is 0 Å². The predicted molar refractivity (Wildman–Crippen MR) is 101 cm³/mol. The lowest BCUT2D eigenvalue weighted by Crippen LogP contribution is -2.14. The molecule has 3 rings (SSSR count). The first-order valence-electron chi connectivity index (χ1n) is 8.31. The van der Waals surface area contributed by atoms with Crippen LogP contribution in [0, 0.1) is 13.8 Å². The van der Waals surface area contributed by atoms with Crippen molar-refractivity contribution in [2.45, 2.75) is 46.5 Å². The largest absolute Gasteiger partial charge is 0.290 e. The quantitative estimate of drug-likeness (QED) is 0.540. The molecule has 1 aromatic carbocycles. The van der Waals surface area contributed by atoms with Crippen LogP contribution in [0.2, 0.25) is 5.02 Å². The normalized spacial score (nSPS) is 11.3. The molecule has 0 atom stereocenters. The van der Waals surface area contributed by atoms with E-state index in [-0.39, 0.29) is 5.91 Å². The van der Waals surface area contributed by atoms with Crippen LogP contribution in [0.3, 0.4) is 0 Å². The summed E-state index contributed by atoms with van der Waals surface area (Å²) in [5.41, 5.74) is 3.06. The first-order chi connectivity index (χ1) is 11.5. The van der Waals surface area contributed by atoms with Gasteiger partial charge in [-0.05, 0) is 38.3 Å². The zero-order valence-corrected chi connectivity index (χ0v) is 15.8. The summed E-state index contributed by atoms with van der Waals surface area (Å²) in [6.07, 6.45) is 4.48. The van der Waals surface area contributed by atoms with Crippen molar-refractivity contribution in [1.82, 2.24) is 9.78 Å². The highest BCUT2D eigenvalue weighted by Gasteiger charge is 2.22. The smallest absolute Gasteiger partial charge is 0.266 e. The second-order valence-corrected chi connectivity index (χ2v) is 7.49. The minimum atomic E-state index is -0.136. The molecule has 5 heteroatoms. The van der Waals surface area contributed by atoms with Gasteiger partial charge >= 0.3 is 0 Å². The zero-order valence-electron chi connectivity index (χ0n) is 14.2. The van der Waals surface area contributed by atoms with Crippen molar-refractivity contribution in [1.29, 1.82) is 0 Å². The molecule has 3 nitrogen and oxygen atoms in total. The Morgan fingerprint density at radius 3 is 2.71 bits per heavy atom. The molecular weight excluding hydrogens is 340 g/mol. The number of halogens is 1. The monoisotopic (exact) mass is 360 g/mol. The van der Waals surface area contributed by atoms with E-state index in [1.807, 2.05) is 38.1 Å². The standard InChI is InChI=1S/C19H21ClN2OS/c1-4-5-6-9-14-12(2)21-22(13(14)3)19(23)18-17(20)15-10-7-8-11-16(15)24-18/h7-8,10-11H,4-6,9H2,1-3H3. The number of carbonyl (C=O) groups excluding carboxylic acids is 1. The Labute approximate surface area is 151 Å². The topological polar surface area (TPSA) is 34.9 Å². The molecule has 0 amide bonds. The number of unbranched alkanes of at least 4 members (excludes halogenated alkanes) is 2. The molecule has 0 spiro atoms. The van der Waals surface area contributed by atoms with Crippen LogP contribution in [0.15, 0.2) is 24.3 Å². The lowest BCUT2D eigenvalue weighted by atomic mass is 10.1. The van der Waals surface area contributed by atoms with Crippen LogP contribution < -0.4 is 0 Å². The van der Waals surface area contributed by atoms with Crippen molar-refractivity contribution in [3.05, 3.63) is 51.1 Å². The molecule has 0 saturated heterocycles. The molecule has 3 aromatic rings. The molecule has 2 aromatic heterocycles. The highest BCUT2D eigenvalue weighted by molar-refractivity contribution is 7.21. The van der Waals surface area contributed by atoms with Gasteiger partial charge in [0.25, 0.3) is 5.91 Å². The number of thiophene rings is 1. The molecular formula is C19H21ClN2OS. The fourth-order valence-corrected chi connectivity index (χ4v) is 4.47. The van der Waals surface area contributed by atoms with Crippen LogP contribution in [-0.2, 0) is 6.42 Å². The Balaban J connectivity index is 1.97. The van der Waals surface area contributed by atoms with Gasteiger partial charge in [-0.15, -0.1) is 11.3 Å². The number of carbonyl (C=O) groups is 1. The van der Waals surface area contributed by atoms with E-state index in [1.54, 1.807) is 0 Å². The Kier molecular flexibility index (Phi) is 5.07. The maximum atomic E-state index is 13.0. The fraction of sp³-hybridized carbons (Fsp3) is 0.368. The Morgan fingerprint density at radius 1 is 1.25 bits per heavy atom. The van der Waals surface area contributed by atoms with Crippen molar-refractivity contribution < 1.29 is 4.79 Å². The molecule has 0 unspecified atom stereocenters. The molecule has 2 heterocycles. The van der Waals surface area contributed by atoms with Gasteiger partial charge in [-0.3, -0.25) is 4.79 Å². The molecule has 0 N–H and O–H groups in total. The second-order valence-electron chi connectivity index (χ2n) is 6.06. The van der Waals surface area contributed by atoms with Gasteiger partial charge in [-0.2, -0.15) is 9.78 Å². The minimum Gasteiger partial charge on any atom is -0.266 e. The van der Waals surface area contributed by atoms with E-state index in [2.05, 4.69) is 12.0 Å². The van der Waals surface area contributed by atoms with Crippen molar-refractivity contribution in [3.63, 3.8) is 0 Å². The van der Waals surface area contributed by atoms with Crippen LogP contribution >= 0.6 is 22.9 Å². The van der Waals surface area contributed by atoms with Crippen molar-refractivity contribution >= 4 is 38.9 Å². The maximum Gasteiger partial charge on any atom is 0.290 e. The molecule has 0 fully saturated rings. The van der Waals surface area contributed by atoms with Gasteiger partial charge in [0.15, 0.2) is 0 Å². The lowest BCUT2D eigenvalue weighted by molar-refractivity contribution is 0.0946. The molecule has 0 aliphatic carbocycles. The number of aryl methyl sites for hydroxylation is 1. The third kappa shape index (κ3) is 3.01. The van der Waals surface area contributed by atoms with Crippen molar-refractivity contribution in [2.24, 2.45) is 0 Å². The zero-order chi connectivity index (χ0) is 17.3. The Morgan fingerprint density at radius 2 is 2.00 bits per heavy atom. The highest BCUT2D eigenvalue weighted by Crippen LogP contribution is 2.36. The van der Waals surface area contributed by atoms with Crippen LogP contribution in [0.5, 0.6) is 0 Å². The predicted octanol–water partition coefficient (Wildman–Crippen LogP) is 5.79. The number of hydrogen-bond acceptors (Lipinski definition) is 3. The Bertz CT molecular complexity index is 894. The Hall–Kier alpha value is -1.65. The summed E-state index contributed by atoms with van der Waals surface area (Å²) in [6, 6.07) is 7.82. The van der Waals surface area contributed by atoms with Crippen molar-refractivity contribution in [2.75, 3.05) is 0 Å². The minimum absolute atomic E-state index is 0.136. The first-order valence-corrected chi connectivity index (χ1v) is 9.50. The molecule has 0 saturated carbocycles. The number of fused-ring (bicyclic) bond motifs is 1. The average molecular weight is 361 g/mol. The number of aromatic nitrogens is 2.